The Hall–Kier alpha value is -3.18. The lowest BCUT2D eigenvalue weighted by molar-refractivity contribution is -0.126. The monoisotopic (exact) mass is 430 g/mol. The van der Waals surface area contributed by atoms with Crippen LogP contribution in [0.4, 0.5) is 15.3 Å². The quantitative estimate of drug-likeness (QED) is 0.609. The Morgan fingerprint density at radius 2 is 2.03 bits per heavy atom. The predicted molar refractivity (Wildman–Crippen MR) is 108 cm³/mol. The topological polar surface area (TPSA) is 102 Å². The van der Waals surface area contributed by atoms with E-state index in [-0.39, 0.29) is 22.8 Å². The molecular formula is C19H19FN6O3S. The van der Waals surface area contributed by atoms with Crippen LogP contribution in [-0.4, -0.2) is 58.8 Å². The standard InChI is InChI=1S/C19H19FN6O3S/c1-28-16(12-6-3-2-4-7-12)17(27)22-18-24-25-19(30-18)29-14-11-26(10-13(14)20)15-8-5-9-21-23-15/h2-9,13-14,16H,10-11H2,1H3,(H,22,24,27)/t13-,14?,16+/m1/s1. The van der Waals surface area contributed by atoms with Gasteiger partial charge in [0.2, 0.25) is 5.13 Å². The van der Waals surface area contributed by atoms with Gasteiger partial charge in [-0.25, -0.2) is 4.39 Å². The van der Waals surface area contributed by atoms with Gasteiger partial charge < -0.3 is 14.4 Å². The summed E-state index contributed by atoms with van der Waals surface area (Å²) in [4.78, 5) is 14.3. The summed E-state index contributed by atoms with van der Waals surface area (Å²) in [6.45, 7) is 0.458. The molecule has 9 nitrogen and oxygen atoms in total. The number of nitrogens with zero attached hydrogens (tertiary/aromatic N) is 5. The Balaban J connectivity index is 1.37. The zero-order valence-corrected chi connectivity index (χ0v) is 16.8. The molecule has 4 rings (SSSR count). The van der Waals surface area contributed by atoms with Crippen molar-refractivity contribution in [2.45, 2.75) is 18.4 Å². The van der Waals surface area contributed by atoms with Crippen molar-refractivity contribution in [2.75, 3.05) is 30.4 Å². The summed E-state index contributed by atoms with van der Waals surface area (Å²) in [6, 6.07) is 12.6. The number of amides is 1. The second-order valence-electron chi connectivity index (χ2n) is 6.55. The Labute approximate surface area is 175 Å². The number of halogens is 1. The number of hydrogen-bond donors (Lipinski definition) is 1. The largest absolute Gasteiger partial charge is 0.461 e. The number of methoxy groups -OCH3 is 1. The molecule has 1 saturated heterocycles. The maximum Gasteiger partial charge on any atom is 0.296 e. The molecule has 1 aromatic carbocycles. The Morgan fingerprint density at radius 3 is 2.77 bits per heavy atom. The van der Waals surface area contributed by atoms with Crippen molar-refractivity contribution in [3.8, 4) is 5.19 Å². The number of ether oxygens (including phenoxy) is 2. The number of nitrogens with one attached hydrogen (secondary N) is 1. The minimum Gasteiger partial charge on any atom is -0.461 e. The number of hydrogen-bond acceptors (Lipinski definition) is 9. The smallest absolute Gasteiger partial charge is 0.296 e. The average molecular weight is 430 g/mol. The van der Waals surface area contributed by atoms with Crippen molar-refractivity contribution < 1.29 is 18.7 Å². The number of carbonyl (C=O) groups excluding carboxylic acids is 1. The minimum atomic E-state index is -1.22. The van der Waals surface area contributed by atoms with E-state index in [4.69, 9.17) is 9.47 Å². The molecule has 0 saturated carbocycles. The van der Waals surface area contributed by atoms with Crippen LogP contribution in [0.1, 0.15) is 11.7 Å². The second kappa shape index (κ2) is 9.09. The molecule has 156 valence electrons. The highest BCUT2D eigenvalue weighted by Crippen LogP contribution is 2.29. The predicted octanol–water partition coefficient (Wildman–Crippen LogP) is 2.26. The molecule has 1 fully saturated rings. The zero-order valence-electron chi connectivity index (χ0n) is 16.0. The van der Waals surface area contributed by atoms with Gasteiger partial charge in [0.1, 0.15) is 0 Å². The van der Waals surface area contributed by atoms with Crippen LogP contribution in [0.3, 0.4) is 0 Å². The molecule has 1 N–H and O–H groups in total. The number of alkyl halides is 1. The van der Waals surface area contributed by atoms with Gasteiger partial charge in [-0.3, -0.25) is 10.1 Å². The second-order valence-corrected chi connectivity index (χ2v) is 7.49. The number of anilines is 2. The minimum absolute atomic E-state index is 0.151. The summed E-state index contributed by atoms with van der Waals surface area (Å²) < 4.78 is 25.4. The molecule has 3 atom stereocenters. The lowest BCUT2D eigenvalue weighted by Crippen LogP contribution is -2.27. The van der Waals surface area contributed by atoms with Gasteiger partial charge in [0.25, 0.3) is 11.1 Å². The van der Waals surface area contributed by atoms with Gasteiger partial charge >= 0.3 is 0 Å². The van der Waals surface area contributed by atoms with Crippen molar-refractivity contribution in [2.24, 2.45) is 0 Å². The van der Waals surface area contributed by atoms with Gasteiger partial charge in [0, 0.05) is 13.3 Å². The van der Waals surface area contributed by atoms with E-state index in [0.717, 1.165) is 11.3 Å². The molecule has 1 unspecified atom stereocenters. The summed E-state index contributed by atoms with van der Waals surface area (Å²) >= 11 is 1.03. The molecule has 3 aromatic rings. The highest BCUT2D eigenvalue weighted by atomic mass is 32.1. The summed E-state index contributed by atoms with van der Waals surface area (Å²) in [5.74, 6) is 0.201. The van der Waals surface area contributed by atoms with Crippen LogP contribution in [0, 0.1) is 0 Å². The van der Waals surface area contributed by atoms with Crippen LogP contribution in [0.2, 0.25) is 0 Å². The SMILES string of the molecule is CO[C@H](C(=O)Nc1nnc(OC2CN(c3cccnn3)C[C@H]2F)s1)c1ccccc1. The highest BCUT2D eigenvalue weighted by Gasteiger charge is 2.36. The van der Waals surface area contributed by atoms with Crippen LogP contribution in [0.5, 0.6) is 5.19 Å². The van der Waals surface area contributed by atoms with Crippen LogP contribution in [0.25, 0.3) is 0 Å². The van der Waals surface area contributed by atoms with E-state index >= 15 is 0 Å². The molecule has 1 aliphatic rings. The molecule has 1 amide bonds. The molecule has 0 aliphatic carbocycles. The van der Waals surface area contributed by atoms with Gasteiger partial charge in [-0.05, 0) is 29.0 Å². The molecule has 0 bridgehead atoms. The fourth-order valence-corrected chi connectivity index (χ4v) is 3.78. The van der Waals surface area contributed by atoms with Crippen LogP contribution in [0.15, 0.2) is 48.7 Å². The van der Waals surface area contributed by atoms with Gasteiger partial charge in [0.15, 0.2) is 24.2 Å². The van der Waals surface area contributed by atoms with Crippen molar-refractivity contribution in [1.29, 1.82) is 0 Å². The van der Waals surface area contributed by atoms with Crippen molar-refractivity contribution in [1.82, 2.24) is 20.4 Å². The molecule has 11 heteroatoms. The van der Waals surface area contributed by atoms with Gasteiger partial charge in [0.05, 0.1) is 13.1 Å². The first-order valence-electron chi connectivity index (χ1n) is 9.19. The summed E-state index contributed by atoms with van der Waals surface area (Å²) in [7, 11) is 1.45. The van der Waals surface area contributed by atoms with E-state index < -0.39 is 18.4 Å². The van der Waals surface area contributed by atoms with Crippen molar-refractivity contribution in [3.05, 3.63) is 54.2 Å². The first kappa shape index (κ1) is 20.1. The van der Waals surface area contributed by atoms with E-state index in [1.165, 1.54) is 7.11 Å². The Bertz CT molecular complexity index is 977. The third kappa shape index (κ3) is 4.52. The Morgan fingerprint density at radius 1 is 1.20 bits per heavy atom. The van der Waals surface area contributed by atoms with Gasteiger partial charge in [-0.1, -0.05) is 35.4 Å². The van der Waals surface area contributed by atoms with E-state index in [2.05, 4.69) is 25.7 Å². The molecule has 1 aliphatic heterocycles. The van der Waals surface area contributed by atoms with Gasteiger partial charge in [-0.2, -0.15) is 5.10 Å². The molecule has 30 heavy (non-hydrogen) atoms. The third-order valence-electron chi connectivity index (χ3n) is 4.55. The van der Waals surface area contributed by atoms with Crippen LogP contribution >= 0.6 is 11.3 Å². The fourth-order valence-electron chi connectivity index (χ4n) is 3.13. The Kier molecular flexibility index (Phi) is 6.10. The van der Waals surface area contributed by atoms with Crippen LogP contribution in [-0.2, 0) is 9.53 Å². The molecule has 0 radical (unpaired) electrons. The first-order chi connectivity index (χ1) is 14.6. The van der Waals surface area contributed by atoms with E-state index in [1.54, 1.807) is 35.4 Å². The lowest BCUT2D eigenvalue weighted by Gasteiger charge is -2.15. The maximum absolute atomic E-state index is 14.4. The lowest BCUT2D eigenvalue weighted by atomic mass is 10.1. The zero-order chi connectivity index (χ0) is 20.9. The summed E-state index contributed by atoms with van der Waals surface area (Å²) in [5.41, 5.74) is 0.716. The van der Waals surface area contributed by atoms with Gasteiger partial charge in [-0.15, -0.1) is 10.2 Å². The molecular weight excluding hydrogens is 411 g/mol. The van der Waals surface area contributed by atoms with E-state index in [9.17, 15) is 9.18 Å². The summed E-state index contributed by atoms with van der Waals surface area (Å²) in [5, 5.41) is 18.7. The fraction of sp³-hybridized carbons (Fsp3) is 0.316. The maximum atomic E-state index is 14.4. The van der Waals surface area contributed by atoms with E-state index in [0.29, 0.717) is 17.9 Å². The number of rotatable bonds is 7. The molecule has 3 heterocycles. The normalized spacial score (nSPS) is 19.5. The van der Waals surface area contributed by atoms with Crippen LogP contribution < -0.4 is 15.0 Å². The molecule has 2 aromatic heterocycles. The molecule has 0 spiro atoms. The van der Waals surface area contributed by atoms with Crippen molar-refractivity contribution in [3.63, 3.8) is 0 Å². The third-order valence-corrected chi connectivity index (χ3v) is 5.28. The summed E-state index contributed by atoms with van der Waals surface area (Å²) in [6.07, 6.45) is -1.17. The number of carbonyl (C=O) groups is 1. The number of benzene rings is 1. The van der Waals surface area contributed by atoms with E-state index in [1.807, 2.05) is 18.2 Å². The first-order valence-corrected chi connectivity index (χ1v) is 10.0. The average Bonchev–Trinajstić information content (AvgIpc) is 3.36. The van der Waals surface area contributed by atoms with Crippen molar-refractivity contribution >= 4 is 28.2 Å². The highest BCUT2D eigenvalue weighted by molar-refractivity contribution is 7.17. The number of aromatic nitrogens is 4.